The number of carbonyl (C=O) groups is 1. The molecule has 5 heteroatoms. The van der Waals surface area contributed by atoms with Gasteiger partial charge in [-0.25, -0.2) is 4.79 Å². The van der Waals surface area contributed by atoms with Gasteiger partial charge in [0.1, 0.15) is 0 Å². The first-order chi connectivity index (χ1) is 9.13. The lowest BCUT2D eigenvalue weighted by molar-refractivity contribution is 0.103. The summed E-state index contributed by atoms with van der Waals surface area (Å²) in [6.45, 7) is 0. The first kappa shape index (κ1) is 11.7. The lowest BCUT2D eigenvalue weighted by atomic mass is 10.0. The van der Waals surface area contributed by atoms with E-state index in [1.807, 2.05) is 0 Å². The summed E-state index contributed by atoms with van der Waals surface area (Å²) in [5, 5.41) is 0.575. The quantitative estimate of drug-likeness (QED) is 0.730. The molecule has 0 aliphatic rings. The number of halogens is 1. The van der Waals surface area contributed by atoms with Crippen LogP contribution in [-0.2, 0) is 0 Å². The summed E-state index contributed by atoms with van der Waals surface area (Å²) < 4.78 is 4.88. The first-order valence-corrected chi connectivity index (χ1v) is 5.94. The van der Waals surface area contributed by atoms with Crippen LogP contribution in [0.5, 0.6) is 0 Å². The van der Waals surface area contributed by atoms with E-state index in [-0.39, 0.29) is 5.78 Å². The molecule has 0 unspecified atom stereocenters. The van der Waals surface area contributed by atoms with Gasteiger partial charge in [0, 0.05) is 16.1 Å². The number of aromatic nitrogens is 1. The van der Waals surface area contributed by atoms with Crippen LogP contribution >= 0.6 is 11.6 Å². The molecular formula is C14H8ClNO3. The van der Waals surface area contributed by atoms with Gasteiger partial charge in [-0.2, -0.15) is 0 Å². The minimum absolute atomic E-state index is 0.138. The molecule has 0 saturated heterocycles. The van der Waals surface area contributed by atoms with Gasteiger partial charge in [0.2, 0.25) is 0 Å². The summed E-state index contributed by atoms with van der Waals surface area (Å²) >= 11 is 5.78. The number of rotatable bonds is 2. The molecule has 1 aromatic heterocycles. The summed E-state index contributed by atoms with van der Waals surface area (Å²) in [4.78, 5) is 25.8. The highest BCUT2D eigenvalue weighted by Gasteiger charge is 2.11. The van der Waals surface area contributed by atoms with Gasteiger partial charge in [-0.3, -0.25) is 9.78 Å². The molecular weight excluding hydrogens is 266 g/mol. The van der Waals surface area contributed by atoms with Crippen molar-refractivity contribution >= 4 is 28.5 Å². The topological polar surface area (TPSA) is 63.1 Å². The van der Waals surface area contributed by atoms with E-state index in [2.05, 4.69) is 4.98 Å². The van der Waals surface area contributed by atoms with Crippen molar-refractivity contribution in [1.82, 2.24) is 4.98 Å². The lowest BCUT2D eigenvalue weighted by Gasteiger charge is -2.01. The fourth-order valence-corrected chi connectivity index (χ4v) is 1.99. The molecule has 0 spiro atoms. The van der Waals surface area contributed by atoms with E-state index in [4.69, 9.17) is 16.0 Å². The van der Waals surface area contributed by atoms with E-state index < -0.39 is 5.76 Å². The van der Waals surface area contributed by atoms with Gasteiger partial charge in [0.25, 0.3) is 0 Å². The van der Waals surface area contributed by atoms with Crippen molar-refractivity contribution in [3.8, 4) is 0 Å². The first-order valence-electron chi connectivity index (χ1n) is 5.56. The van der Waals surface area contributed by atoms with Crippen LogP contribution in [0.1, 0.15) is 15.9 Å². The van der Waals surface area contributed by atoms with Gasteiger partial charge in [-0.1, -0.05) is 11.6 Å². The second-order valence-electron chi connectivity index (χ2n) is 4.06. The summed E-state index contributed by atoms with van der Waals surface area (Å²) in [7, 11) is 0. The zero-order chi connectivity index (χ0) is 13.4. The monoisotopic (exact) mass is 273 g/mol. The number of nitrogens with one attached hydrogen (secondary N) is 1. The standard InChI is InChI=1S/C14H8ClNO3/c15-10-4-1-8(2-5-10)13(17)9-3-6-12-11(7-9)16-14(18)19-12/h1-7H,(H,16,18). The van der Waals surface area contributed by atoms with Crippen molar-refractivity contribution in [2.45, 2.75) is 0 Å². The molecule has 1 N–H and O–H groups in total. The molecule has 0 atom stereocenters. The highest BCUT2D eigenvalue weighted by molar-refractivity contribution is 6.30. The molecule has 94 valence electrons. The molecule has 1 heterocycles. The van der Waals surface area contributed by atoms with Crippen LogP contribution in [-0.4, -0.2) is 10.8 Å². The van der Waals surface area contributed by atoms with Gasteiger partial charge in [0.15, 0.2) is 11.4 Å². The molecule has 0 radical (unpaired) electrons. The SMILES string of the molecule is O=C(c1ccc(Cl)cc1)c1ccc2oc(=O)[nH]c2c1. The number of fused-ring (bicyclic) bond motifs is 1. The van der Waals surface area contributed by atoms with E-state index in [9.17, 15) is 9.59 Å². The van der Waals surface area contributed by atoms with E-state index in [0.29, 0.717) is 27.2 Å². The predicted molar refractivity (Wildman–Crippen MR) is 71.7 cm³/mol. The van der Waals surface area contributed by atoms with Gasteiger partial charge in [-0.15, -0.1) is 0 Å². The van der Waals surface area contributed by atoms with Crippen molar-refractivity contribution < 1.29 is 9.21 Å². The van der Waals surface area contributed by atoms with Gasteiger partial charge in [0.05, 0.1) is 5.52 Å². The summed E-state index contributed by atoms with van der Waals surface area (Å²) in [5.41, 5.74) is 1.95. The van der Waals surface area contributed by atoms with Gasteiger partial charge >= 0.3 is 5.76 Å². The molecule has 0 fully saturated rings. The Morgan fingerprint density at radius 1 is 1.05 bits per heavy atom. The molecule has 4 nitrogen and oxygen atoms in total. The number of ketones is 1. The Kier molecular flexibility index (Phi) is 2.72. The Labute approximate surface area is 112 Å². The van der Waals surface area contributed by atoms with Crippen LogP contribution < -0.4 is 5.76 Å². The van der Waals surface area contributed by atoms with Gasteiger partial charge in [-0.05, 0) is 42.5 Å². The van der Waals surface area contributed by atoms with Crippen LogP contribution in [0, 0.1) is 0 Å². The van der Waals surface area contributed by atoms with E-state index in [1.165, 1.54) is 0 Å². The summed E-state index contributed by atoms with van der Waals surface area (Å²) in [6, 6.07) is 11.4. The predicted octanol–water partition coefficient (Wildman–Crippen LogP) is 3.01. The Morgan fingerprint density at radius 2 is 1.74 bits per heavy atom. The summed E-state index contributed by atoms with van der Waals surface area (Å²) in [5.74, 6) is -0.674. The average Bonchev–Trinajstić information content (AvgIpc) is 2.77. The molecule has 0 bridgehead atoms. The largest absolute Gasteiger partial charge is 0.417 e. The van der Waals surface area contributed by atoms with Crippen LogP contribution in [0.4, 0.5) is 0 Å². The van der Waals surface area contributed by atoms with Crippen molar-refractivity contribution in [2.24, 2.45) is 0 Å². The highest BCUT2D eigenvalue weighted by Crippen LogP contribution is 2.17. The van der Waals surface area contributed by atoms with Crippen molar-refractivity contribution in [1.29, 1.82) is 0 Å². The zero-order valence-electron chi connectivity index (χ0n) is 9.64. The number of H-pyrrole nitrogens is 1. The third-order valence-electron chi connectivity index (χ3n) is 2.79. The molecule has 19 heavy (non-hydrogen) atoms. The third-order valence-corrected chi connectivity index (χ3v) is 3.04. The molecule has 0 saturated carbocycles. The van der Waals surface area contributed by atoms with Crippen molar-refractivity contribution in [3.63, 3.8) is 0 Å². The maximum Gasteiger partial charge on any atom is 0.417 e. The summed E-state index contributed by atoms with van der Waals surface area (Å²) in [6.07, 6.45) is 0. The Balaban J connectivity index is 2.05. The van der Waals surface area contributed by atoms with Crippen LogP contribution in [0.15, 0.2) is 51.7 Å². The fourth-order valence-electron chi connectivity index (χ4n) is 1.86. The van der Waals surface area contributed by atoms with E-state index >= 15 is 0 Å². The minimum Gasteiger partial charge on any atom is -0.408 e. The minimum atomic E-state index is -0.536. The van der Waals surface area contributed by atoms with E-state index in [1.54, 1.807) is 42.5 Å². The van der Waals surface area contributed by atoms with E-state index in [0.717, 1.165) is 0 Å². The third kappa shape index (κ3) is 2.18. The Bertz CT molecular complexity index is 815. The smallest absolute Gasteiger partial charge is 0.408 e. The molecule has 0 aliphatic heterocycles. The molecule has 0 amide bonds. The molecule has 2 aromatic carbocycles. The lowest BCUT2D eigenvalue weighted by Crippen LogP contribution is -2.00. The normalized spacial score (nSPS) is 10.8. The number of oxazole rings is 1. The molecule has 3 rings (SSSR count). The van der Waals surface area contributed by atoms with Gasteiger partial charge < -0.3 is 4.42 Å². The average molecular weight is 274 g/mol. The van der Waals surface area contributed by atoms with Crippen molar-refractivity contribution in [3.05, 3.63) is 69.2 Å². The Hall–Kier alpha value is -2.33. The highest BCUT2D eigenvalue weighted by atomic mass is 35.5. The van der Waals surface area contributed by atoms with Crippen LogP contribution in [0.25, 0.3) is 11.1 Å². The van der Waals surface area contributed by atoms with Crippen molar-refractivity contribution in [2.75, 3.05) is 0 Å². The maximum atomic E-state index is 12.2. The number of carbonyl (C=O) groups excluding carboxylic acids is 1. The molecule has 0 aliphatic carbocycles. The fraction of sp³-hybridized carbons (Fsp3) is 0. The number of benzene rings is 2. The zero-order valence-corrected chi connectivity index (χ0v) is 10.4. The van der Waals surface area contributed by atoms with Crippen LogP contribution in [0.2, 0.25) is 5.02 Å². The molecule has 3 aromatic rings. The number of aromatic amines is 1. The second-order valence-corrected chi connectivity index (χ2v) is 4.50. The second kappa shape index (κ2) is 4.40. The maximum absolute atomic E-state index is 12.2. The number of hydrogen-bond donors (Lipinski definition) is 1. The number of hydrogen-bond acceptors (Lipinski definition) is 3. The van der Waals surface area contributed by atoms with Crippen LogP contribution in [0.3, 0.4) is 0 Å². The Morgan fingerprint density at radius 3 is 2.47 bits per heavy atom.